The summed E-state index contributed by atoms with van der Waals surface area (Å²) in [5.41, 5.74) is -0.0831. The fraction of sp³-hybridized carbons (Fsp3) is 0.947. The van der Waals surface area contributed by atoms with E-state index in [4.69, 9.17) is 4.74 Å². The topological polar surface area (TPSA) is 50.4 Å². The number of hydrogen-bond acceptors (Lipinski definition) is 3. The maximum absolute atomic E-state index is 11.8. The third kappa shape index (κ3) is 12.3. The van der Waals surface area contributed by atoms with Crippen LogP contribution < -0.4 is 10.6 Å². The Kier molecular flexibility index (Phi) is 8.08. The summed E-state index contributed by atoms with van der Waals surface area (Å²) in [5.74, 6) is 0.865. The first-order valence-electron chi connectivity index (χ1n) is 8.83. The Hall–Kier alpha value is -0.770. The molecule has 1 amide bonds. The van der Waals surface area contributed by atoms with E-state index in [1.54, 1.807) is 0 Å². The molecule has 0 radical (unpaired) electrons. The van der Waals surface area contributed by atoms with Gasteiger partial charge in [-0.1, -0.05) is 34.6 Å². The molecule has 138 valence electrons. The molecule has 2 N–H and O–H groups in total. The summed E-state index contributed by atoms with van der Waals surface area (Å²) < 4.78 is 5.31. The number of carbonyl (C=O) groups is 1. The van der Waals surface area contributed by atoms with Gasteiger partial charge in [0, 0.05) is 18.6 Å². The first kappa shape index (κ1) is 22.2. The summed E-state index contributed by atoms with van der Waals surface area (Å²) in [4.78, 5) is 11.8. The highest BCUT2D eigenvalue weighted by Gasteiger charge is 2.26. The van der Waals surface area contributed by atoms with Crippen LogP contribution in [-0.2, 0) is 4.74 Å². The van der Waals surface area contributed by atoms with Gasteiger partial charge in [0.15, 0.2) is 0 Å². The van der Waals surface area contributed by atoms with Crippen LogP contribution in [0.15, 0.2) is 0 Å². The van der Waals surface area contributed by atoms with Gasteiger partial charge in [-0.25, -0.2) is 4.79 Å². The summed E-state index contributed by atoms with van der Waals surface area (Å²) in [6, 6.07) is 0. The SMILES string of the molecule is CC(C)C(CNC(=O)OC(C)(C)C)CNC(C)(C)CC(C)(C)C. The second-order valence-corrected chi connectivity index (χ2v) is 9.89. The zero-order valence-corrected chi connectivity index (χ0v) is 17.1. The molecule has 1 atom stereocenters. The molecule has 0 fully saturated rings. The molecule has 0 bridgehead atoms. The van der Waals surface area contributed by atoms with E-state index in [0.29, 0.717) is 23.8 Å². The maximum Gasteiger partial charge on any atom is 0.407 e. The average Bonchev–Trinajstić information content (AvgIpc) is 2.21. The zero-order chi connectivity index (χ0) is 18.5. The zero-order valence-electron chi connectivity index (χ0n) is 17.1. The van der Waals surface area contributed by atoms with Crippen molar-refractivity contribution < 1.29 is 9.53 Å². The molecule has 1 unspecified atom stereocenters. The standard InChI is InChI=1S/C19H40N2O2/c1-14(2)15(11-20-16(22)23-18(6,7)8)12-21-19(9,10)13-17(3,4)5/h14-15,21H,11-13H2,1-10H3,(H,20,22). The average molecular weight is 329 g/mol. The second kappa shape index (κ2) is 8.36. The molecule has 0 saturated carbocycles. The molecule has 0 aliphatic heterocycles. The van der Waals surface area contributed by atoms with Gasteiger partial charge in [0.1, 0.15) is 5.60 Å². The predicted molar refractivity (Wildman–Crippen MR) is 98.7 cm³/mol. The van der Waals surface area contributed by atoms with Gasteiger partial charge >= 0.3 is 6.09 Å². The van der Waals surface area contributed by atoms with Crippen molar-refractivity contribution in [3.63, 3.8) is 0 Å². The smallest absolute Gasteiger partial charge is 0.407 e. The number of hydrogen-bond donors (Lipinski definition) is 2. The lowest BCUT2D eigenvalue weighted by Crippen LogP contribution is -2.47. The van der Waals surface area contributed by atoms with Crippen molar-refractivity contribution in [2.24, 2.45) is 17.3 Å². The van der Waals surface area contributed by atoms with E-state index in [9.17, 15) is 4.79 Å². The highest BCUT2D eigenvalue weighted by Crippen LogP contribution is 2.27. The number of ether oxygens (including phenoxy) is 1. The molecule has 0 rings (SSSR count). The minimum absolute atomic E-state index is 0.0807. The fourth-order valence-corrected chi connectivity index (χ4v) is 2.87. The maximum atomic E-state index is 11.8. The third-order valence-corrected chi connectivity index (χ3v) is 3.67. The summed E-state index contributed by atoms with van der Waals surface area (Å²) in [6.07, 6.45) is 0.765. The van der Waals surface area contributed by atoms with Crippen LogP contribution in [0.3, 0.4) is 0 Å². The van der Waals surface area contributed by atoms with Gasteiger partial charge in [0.25, 0.3) is 0 Å². The van der Waals surface area contributed by atoms with Crippen LogP contribution in [0.25, 0.3) is 0 Å². The molecule has 4 nitrogen and oxygen atoms in total. The van der Waals surface area contributed by atoms with E-state index < -0.39 is 5.60 Å². The van der Waals surface area contributed by atoms with Gasteiger partial charge in [0.05, 0.1) is 0 Å². The lowest BCUT2D eigenvalue weighted by Gasteiger charge is -2.35. The molecule has 0 heterocycles. The van der Waals surface area contributed by atoms with Gasteiger partial charge in [-0.15, -0.1) is 0 Å². The van der Waals surface area contributed by atoms with E-state index in [1.807, 2.05) is 20.8 Å². The van der Waals surface area contributed by atoms with Crippen molar-refractivity contribution in [3.8, 4) is 0 Å². The van der Waals surface area contributed by atoms with Crippen LogP contribution in [0.5, 0.6) is 0 Å². The molecule has 0 aromatic heterocycles. The Balaban J connectivity index is 4.46. The summed E-state index contributed by atoms with van der Waals surface area (Å²) in [6.45, 7) is 22.8. The molecule has 0 aliphatic rings. The molecular weight excluding hydrogens is 288 g/mol. The van der Waals surface area contributed by atoms with Crippen LogP contribution in [0.4, 0.5) is 4.79 Å². The normalized spacial score (nSPS) is 14.7. The number of alkyl carbamates (subject to hydrolysis) is 1. The van der Waals surface area contributed by atoms with E-state index in [-0.39, 0.29) is 11.6 Å². The predicted octanol–water partition coefficient (Wildman–Crippen LogP) is 4.59. The Morgan fingerprint density at radius 3 is 1.87 bits per heavy atom. The van der Waals surface area contributed by atoms with Gasteiger partial charge < -0.3 is 15.4 Å². The first-order chi connectivity index (χ1) is 10.1. The Morgan fingerprint density at radius 2 is 1.48 bits per heavy atom. The molecule has 0 aliphatic carbocycles. The van der Waals surface area contributed by atoms with E-state index in [0.717, 1.165) is 13.0 Å². The molecule has 0 aromatic carbocycles. The third-order valence-electron chi connectivity index (χ3n) is 3.67. The van der Waals surface area contributed by atoms with Crippen LogP contribution in [0.1, 0.15) is 75.7 Å². The number of amides is 1. The van der Waals surface area contributed by atoms with Crippen molar-refractivity contribution in [2.75, 3.05) is 13.1 Å². The van der Waals surface area contributed by atoms with Gasteiger partial charge in [-0.05, 0) is 58.3 Å². The molecule has 0 spiro atoms. The molecule has 23 heavy (non-hydrogen) atoms. The lowest BCUT2D eigenvalue weighted by atomic mass is 9.81. The lowest BCUT2D eigenvalue weighted by molar-refractivity contribution is 0.0514. The molecule has 4 heteroatoms. The van der Waals surface area contributed by atoms with Gasteiger partial charge in [0.2, 0.25) is 0 Å². The van der Waals surface area contributed by atoms with Crippen molar-refractivity contribution in [3.05, 3.63) is 0 Å². The Bertz CT molecular complexity index is 363. The van der Waals surface area contributed by atoms with Crippen LogP contribution in [0, 0.1) is 17.3 Å². The van der Waals surface area contributed by atoms with Crippen LogP contribution in [-0.4, -0.2) is 30.3 Å². The monoisotopic (exact) mass is 328 g/mol. The molecule has 0 aromatic rings. The highest BCUT2D eigenvalue weighted by atomic mass is 16.6. The Morgan fingerprint density at radius 1 is 0.957 bits per heavy atom. The van der Waals surface area contributed by atoms with E-state index in [1.165, 1.54) is 0 Å². The fourth-order valence-electron chi connectivity index (χ4n) is 2.87. The quantitative estimate of drug-likeness (QED) is 0.719. The first-order valence-corrected chi connectivity index (χ1v) is 8.83. The van der Waals surface area contributed by atoms with Crippen molar-refractivity contribution >= 4 is 6.09 Å². The second-order valence-electron chi connectivity index (χ2n) is 9.89. The number of carbonyl (C=O) groups excluding carboxylic acids is 1. The van der Waals surface area contributed by atoms with Crippen molar-refractivity contribution in [2.45, 2.75) is 86.8 Å². The largest absolute Gasteiger partial charge is 0.444 e. The number of rotatable bonds is 7. The summed E-state index contributed by atoms with van der Waals surface area (Å²) >= 11 is 0. The minimum Gasteiger partial charge on any atom is -0.444 e. The summed E-state index contributed by atoms with van der Waals surface area (Å²) in [5, 5.41) is 6.58. The molecule has 0 saturated heterocycles. The highest BCUT2D eigenvalue weighted by molar-refractivity contribution is 5.67. The molecular formula is C19H40N2O2. The van der Waals surface area contributed by atoms with Crippen molar-refractivity contribution in [1.29, 1.82) is 0 Å². The van der Waals surface area contributed by atoms with Gasteiger partial charge in [-0.3, -0.25) is 0 Å². The Labute approximate surface area is 144 Å². The van der Waals surface area contributed by atoms with Crippen molar-refractivity contribution in [1.82, 2.24) is 10.6 Å². The van der Waals surface area contributed by atoms with Gasteiger partial charge in [-0.2, -0.15) is 0 Å². The van der Waals surface area contributed by atoms with Crippen LogP contribution in [0.2, 0.25) is 0 Å². The van der Waals surface area contributed by atoms with E-state index in [2.05, 4.69) is 59.1 Å². The number of nitrogens with one attached hydrogen (secondary N) is 2. The van der Waals surface area contributed by atoms with E-state index >= 15 is 0 Å². The van der Waals surface area contributed by atoms with Crippen LogP contribution >= 0.6 is 0 Å². The minimum atomic E-state index is -0.454. The summed E-state index contributed by atoms with van der Waals surface area (Å²) in [7, 11) is 0.